The molecule has 0 bridgehead atoms. The van der Waals surface area contributed by atoms with Crippen LogP contribution in [0.1, 0.15) is 0 Å². The van der Waals surface area contributed by atoms with E-state index in [2.05, 4.69) is 155 Å². The van der Waals surface area contributed by atoms with Gasteiger partial charge in [0.15, 0.2) is 5.82 Å². The molecule has 0 aliphatic carbocycles. The minimum Gasteiger partial charge on any atom is -0.309 e. The Morgan fingerprint density at radius 3 is 1.51 bits per heavy atom. The molecule has 51 heavy (non-hydrogen) atoms. The van der Waals surface area contributed by atoms with Gasteiger partial charge in [-0.05, 0) is 48.5 Å². The van der Waals surface area contributed by atoms with Crippen molar-refractivity contribution in [2.45, 2.75) is 0 Å². The maximum absolute atomic E-state index is 5.24. The van der Waals surface area contributed by atoms with Gasteiger partial charge in [-0.15, -0.1) is 11.3 Å². The van der Waals surface area contributed by atoms with Gasteiger partial charge in [-0.25, -0.2) is 9.97 Å². The summed E-state index contributed by atoms with van der Waals surface area (Å²) < 4.78 is 7.25. The third-order valence-electron chi connectivity index (χ3n) is 10.1. The third kappa shape index (κ3) is 4.32. The van der Waals surface area contributed by atoms with Crippen molar-refractivity contribution in [2.75, 3.05) is 0 Å². The summed E-state index contributed by atoms with van der Waals surface area (Å²) in [7, 11) is 0. The Kier molecular flexibility index (Phi) is 6.09. The van der Waals surface area contributed by atoms with Crippen LogP contribution in [0.2, 0.25) is 0 Å². The molecule has 0 fully saturated rings. The van der Waals surface area contributed by atoms with E-state index in [0.717, 1.165) is 33.7 Å². The number of para-hydroxylation sites is 3. The summed E-state index contributed by atoms with van der Waals surface area (Å²) in [5.41, 5.74) is 8.82. The van der Waals surface area contributed by atoms with Gasteiger partial charge in [-0.2, -0.15) is 0 Å². The molecule has 0 spiro atoms. The standard InChI is InChI=1S/C46H28N4S/c1-4-14-29(15-5-1)38-26-45(48-46(47-38)30-16-6-2-7-17-30)50-40-23-13-11-21-33(40)35-25-37-36-24-34-32-20-10-12-22-39(32)49(31-18-8-3-9-19-31)41(34)27-43(36)51-44(37)28-42(35)50/h1-28H. The first kappa shape index (κ1) is 28.3. The first-order valence-corrected chi connectivity index (χ1v) is 18.0. The topological polar surface area (TPSA) is 35.6 Å². The van der Waals surface area contributed by atoms with E-state index in [4.69, 9.17) is 9.97 Å². The lowest BCUT2D eigenvalue weighted by Gasteiger charge is -2.12. The maximum atomic E-state index is 5.24. The van der Waals surface area contributed by atoms with E-state index in [1.807, 2.05) is 35.6 Å². The van der Waals surface area contributed by atoms with Crippen molar-refractivity contribution in [3.05, 3.63) is 170 Å². The van der Waals surface area contributed by atoms with Crippen LogP contribution in [0.3, 0.4) is 0 Å². The van der Waals surface area contributed by atoms with Crippen LogP contribution in [0.15, 0.2) is 170 Å². The van der Waals surface area contributed by atoms with Crippen molar-refractivity contribution in [1.82, 2.24) is 19.1 Å². The summed E-state index contributed by atoms with van der Waals surface area (Å²) in [5.74, 6) is 1.56. The number of hydrogen-bond donors (Lipinski definition) is 0. The maximum Gasteiger partial charge on any atom is 0.162 e. The number of nitrogens with zero attached hydrogens (tertiary/aromatic N) is 4. The second kappa shape index (κ2) is 11.0. The first-order valence-electron chi connectivity index (χ1n) is 17.2. The summed E-state index contributed by atoms with van der Waals surface area (Å²) >= 11 is 1.86. The van der Waals surface area contributed by atoms with E-state index >= 15 is 0 Å². The fourth-order valence-electron chi connectivity index (χ4n) is 7.82. The molecule has 0 atom stereocenters. The van der Waals surface area contributed by atoms with Gasteiger partial charge in [-0.3, -0.25) is 4.57 Å². The van der Waals surface area contributed by atoms with E-state index < -0.39 is 0 Å². The molecule has 7 aromatic carbocycles. The molecule has 5 heteroatoms. The normalized spacial score (nSPS) is 11.9. The van der Waals surface area contributed by atoms with E-state index in [-0.39, 0.29) is 0 Å². The molecule has 0 saturated heterocycles. The zero-order valence-corrected chi connectivity index (χ0v) is 28.2. The Labute approximate surface area is 297 Å². The summed E-state index contributed by atoms with van der Waals surface area (Å²) in [6, 6.07) is 60.5. The average molecular weight is 669 g/mol. The number of thiophene rings is 1. The Morgan fingerprint density at radius 1 is 0.373 bits per heavy atom. The third-order valence-corrected chi connectivity index (χ3v) is 11.2. The quantitative estimate of drug-likeness (QED) is 0.187. The highest BCUT2D eigenvalue weighted by Gasteiger charge is 2.20. The van der Waals surface area contributed by atoms with Crippen LogP contribution in [0.5, 0.6) is 0 Å². The van der Waals surface area contributed by atoms with Crippen molar-refractivity contribution in [3.63, 3.8) is 0 Å². The average Bonchev–Trinajstić information content (AvgIpc) is 3.83. The number of aromatic nitrogens is 4. The number of hydrogen-bond acceptors (Lipinski definition) is 3. The Balaban J connectivity index is 1.20. The zero-order valence-electron chi connectivity index (χ0n) is 27.4. The number of benzene rings is 7. The van der Waals surface area contributed by atoms with Crippen molar-refractivity contribution in [3.8, 4) is 34.2 Å². The Morgan fingerprint density at radius 2 is 0.882 bits per heavy atom. The van der Waals surface area contributed by atoms with E-state index in [1.54, 1.807) is 0 Å². The predicted octanol–water partition coefficient (Wildman–Crippen LogP) is 12.4. The molecule has 4 aromatic heterocycles. The van der Waals surface area contributed by atoms with Crippen LogP contribution in [0.25, 0.3) is 97.9 Å². The van der Waals surface area contributed by atoms with Crippen LogP contribution < -0.4 is 0 Å². The lowest BCUT2D eigenvalue weighted by molar-refractivity contribution is 1.05. The van der Waals surface area contributed by atoms with Gasteiger partial charge in [0.25, 0.3) is 0 Å². The highest BCUT2D eigenvalue weighted by molar-refractivity contribution is 7.26. The largest absolute Gasteiger partial charge is 0.309 e. The van der Waals surface area contributed by atoms with Crippen LogP contribution in [-0.4, -0.2) is 19.1 Å². The molecule has 0 aliphatic heterocycles. The second-order valence-electron chi connectivity index (χ2n) is 13.0. The highest BCUT2D eigenvalue weighted by Crippen LogP contribution is 2.44. The molecule has 0 aliphatic rings. The minimum absolute atomic E-state index is 0.707. The fraction of sp³-hybridized carbons (Fsp3) is 0. The first-order chi connectivity index (χ1) is 25.3. The molecule has 0 saturated carbocycles. The van der Waals surface area contributed by atoms with E-state index in [9.17, 15) is 0 Å². The molecule has 4 nitrogen and oxygen atoms in total. The van der Waals surface area contributed by atoms with Crippen LogP contribution in [0, 0.1) is 0 Å². The summed E-state index contributed by atoms with van der Waals surface area (Å²) in [6.07, 6.45) is 0. The van der Waals surface area contributed by atoms with E-state index in [1.165, 1.54) is 58.4 Å². The van der Waals surface area contributed by atoms with Gasteiger partial charge >= 0.3 is 0 Å². The van der Waals surface area contributed by atoms with Crippen LogP contribution >= 0.6 is 11.3 Å². The molecule has 0 amide bonds. The predicted molar refractivity (Wildman–Crippen MR) is 214 cm³/mol. The van der Waals surface area contributed by atoms with Gasteiger partial charge in [0.2, 0.25) is 0 Å². The fourth-order valence-corrected chi connectivity index (χ4v) is 8.96. The van der Waals surface area contributed by atoms with Gasteiger partial charge in [0, 0.05) is 64.6 Å². The molecule has 0 radical (unpaired) electrons. The van der Waals surface area contributed by atoms with Gasteiger partial charge < -0.3 is 4.57 Å². The monoisotopic (exact) mass is 668 g/mol. The van der Waals surface area contributed by atoms with Crippen LogP contribution in [0.4, 0.5) is 0 Å². The summed E-state index contributed by atoms with van der Waals surface area (Å²) in [6.45, 7) is 0. The minimum atomic E-state index is 0.707. The lowest BCUT2D eigenvalue weighted by Crippen LogP contribution is -2.02. The molecule has 0 unspecified atom stereocenters. The Hall–Kier alpha value is -6.56. The highest BCUT2D eigenvalue weighted by atomic mass is 32.1. The van der Waals surface area contributed by atoms with E-state index in [0.29, 0.717) is 5.82 Å². The number of fused-ring (bicyclic) bond motifs is 9. The number of rotatable bonds is 4. The lowest BCUT2D eigenvalue weighted by atomic mass is 10.1. The SMILES string of the molecule is c1ccc(-c2cc(-n3c4ccccc4c4cc5c(cc43)sc3cc4c(cc35)c3ccccc3n4-c3ccccc3)nc(-c3ccccc3)n2)cc1. The second-order valence-corrected chi connectivity index (χ2v) is 14.1. The van der Waals surface area contributed by atoms with Crippen molar-refractivity contribution in [2.24, 2.45) is 0 Å². The van der Waals surface area contributed by atoms with Crippen molar-refractivity contribution < 1.29 is 0 Å². The molecule has 4 heterocycles. The van der Waals surface area contributed by atoms with Crippen molar-refractivity contribution in [1.29, 1.82) is 0 Å². The summed E-state index contributed by atoms with van der Waals surface area (Å²) in [5, 5.41) is 7.52. The van der Waals surface area contributed by atoms with Crippen LogP contribution in [-0.2, 0) is 0 Å². The summed E-state index contributed by atoms with van der Waals surface area (Å²) in [4.78, 5) is 10.3. The van der Waals surface area contributed by atoms with Gasteiger partial charge in [0.1, 0.15) is 5.82 Å². The van der Waals surface area contributed by atoms with Gasteiger partial charge in [0.05, 0.1) is 27.8 Å². The smallest absolute Gasteiger partial charge is 0.162 e. The molecule has 11 rings (SSSR count). The van der Waals surface area contributed by atoms with Gasteiger partial charge in [-0.1, -0.05) is 115 Å². The molecular formula is C46H28N4S. The zero-order chi connectivity index (χ0) is 33.5. The molecule has 238 valence electrons. The van der Waals surface area contributed by atoms with Crippen molar-refractivity contribution >= 4 is 75.1 Å². The Bertz CT molecular complexity index is 3060. The molecule has 0 N–H and O–H groups in total. The molecule has 11 aromatic rings. The molecular weight excluding hydrogens is 641 g/mol.